The Morgan fingerprint density at radius 1 is 1.10 bits per heavy atom. The van der Waals surface area contributed by atoms with Gasteiger partial charge in [-0.1, -0.05) is 0 Å². The lowest BCUT2D eigenvalue weighted by Gasteiger charge is -2.14. The van der Waals surface area contributed by atoms with Crippen LogP contribution in [0, 0.1) is 0 Å². The molecule has 20 heavy (non-hydrogen) atoms. The van der Waals surface area contributed by atoms with E-state index >= 15 is 0 Å². The number of ether oxygens (including phenoxy) is 3. The molecule has 0 bridgehead atoms. The number of rotatable bonds is 4. The Hall–Kier alpha value is -1.63. The number of carbonyl (C=O) groups is 3. The van der Waals surface area contributed by atoms with Crippen molar-refractivity contribution in [1.82, 2.24) is 0 Å². The Labute approximate surface area is 124 Å². The summed E-state index contributed by atoms with van der Waals surface area (Å²) in [5.74, 6) is -2.67. The van der Waals surface area contributed by atoms with Crippen molar-refractivity contribution in [2.45, 2.75) is 39.9 Å². The zero-order valence-electron chi connectivity index (χ0n) is 11.6. The van der Waals surface area contributed by atoms with Crippen LogP contribution in [0.3, 0.4) is 0 Å². The molecular formula is C13H15BrO6. The quantitative estimate of drug-likeness (QED) is 0.254. The first-order valence-electron chi connectivity index (χ1n) is 5.98. The Morgan fingerprint density at radius 2 is 1.55 bits per heavy atom. The van der Waals surface area contributed by atoms with Gasteiger partial charge in [-0.2, -0.15) is 0 Å². The molecule has 0 aliphatic carbocycles. The Morgan fingerprint density at radius 3 is 1.85 bits per heavy atom. The maximum atomic E-state index is 12.0. The molecule has 1 rings (SSSR count). The highest BCUT2D eigenvalue weighted by Gasteiger charge is 2.34. The summed E-state index contributed by atoms with van der Waals surface area (Å²) in [6.45, 7) is 6.55. The molecule has 0 saturated heterocycles. The molecule has 0 aromatic rings. The summed E-state index contributed by atoms with van der Waals surface area (Å²) >= 11 is 3.06. The Bertz CT molecular complexity index is 477. The van der Waals surface area contributed by atoms with Gasteiger partial charge in [-0.15, -0.1) is 0 Å². The first-order valence-corrected chi connectivity index (χ1v) is 6.77. The van der Waals surface area contributed by atoms with Crippen molar-refractivity contribution in [2.24, 2.45) is 0 Å². The fourth-order valence-electron chi connectivity index (χ4n) is 1.33. The van der Waals surface area contributed by atoms with Gasteiger partial charge in [0.15, 0.2) is 11.3 Å². The van der Waals surface area contributed by atoms with Crippen LogP contribution in [0.15, 0.2) is 21.9 Å². The molecule has 0 amide bonds. The van der Waals surface area contributed by atoms with Gasteiger partial charge in [0, 0.05) is 6.08 Å². The summed E-state index contributed by atoms with van der Waals surface area (Å²) in [6, 6.07) is 0. The number of hydrogen-bond donors (Lipinski definition) is 0. The van der Waals surface area contributed by atoms with Crippen LogP contribution >= 0.6 is 15.9 Å². The van der Waals surface area contributed by atoms with Gasteiger partial charge in [-0.3, -0.25) is 0 Å². The summed E-state index contributed by atoms with van der Waals surface area (Å²) in [5, 5.41) is 0. The van der Waals surface area contributed by atoms with Crippen LogP contribution in [0.4, 0.5) is 0 Å². The average molecular weight is 347 g/mol. The first kappa shape index (κ1) is 16.4. The van der Waals surface area contributed by atoms with Crippen LogP contribution in [-0.4, -0.2) is 30.1 Å². The number of esters is 3. The zero-order chi connectivity index (χ0) is 15.4. The molecular weight excluding hydrogens is 332 g/mol. The minimum Gasteiger partial charge on any atom is -0.459 e. The van der Waals surface area contributed by atoms with Gasteiger partial charge in [-0.05, 0) is 43.6 Å². The summed E-state index contributed by atoms with van der Waals surface area (Å²) < 4.78 is 15.0. The second kappa shape index (κ2) is 6.69. The lowest BCUT2D eigenvalue weighted by molar-refractivity contribution is -0.151. The molecule has 0 unspecified atom stereocenters. The van der Waals surface area contributed by atoms with E-state index in [1.54, 1.807) is 27.7 Å². The molecule has 1 heterocycles. The van der Waals surface area contributed by atoms with Crippen LogP contribution in [0.5, 0.6) is 0 Å². The molecule has 0 atom stereocenters. The Kier molecular flexibility index (Phi) is 5.50. The van der Waals surface area contributed by atoms with Gasteiger partial charge in [0.05, 0.1) is 16.7 Å². The third kappa shape index (κ3) is 4.19. The standard InChI is InChI=1S/C13H15BrO6/c1-6(2)18-12(16)10(13(17)19-7(3)4)11-8(14)5-9(15)20-11/h5-7H,1-4H3. The second-order valence-electron chi connectivity index (χ2n) is 4.53. The Balaban J connectivity index is 3.18. The average Bonchev–Trinajstić information content (AvgIpc) is 2.55. The predicted octanol–water partition coefficient (Wildman–Crippen LogP) is 1.98. The molecule has 0 saturated carbocycles. The van der Waals surface area contributed by atoms with Crippen LogP contribution in [0.2, 0.25) is 0 Å². The highest BCUT2D eigenvalue weighted by atomic mass is 79.9. The van der Waals surface area contributed by atoms with Gasteiger partial charge >= 0.3 is 17.9 Å². The molecule has 6 nitrogen and oxygen atoms in total. The van der Waals surface area contributed by atoms with E-state index in [2.05, 4.69) is 15.9 Å². The van der Waals surface area contributed by atoms with Crippen LogP contribution in [-0.2, 0) is 28.6 Å². The van der Waals surface area contributed by atoms with E-state index in [-0.39, 0.29) is 10.2 Å². The van der Waals surface area contributed by atoms with Crippen molar-refractivity contribution in [3.63, 3.8) is 0 Å². The minimum absolute atomic E-state index is 0.189. The summed E-state index contributed by atoms with van der Waals surface area (Å²) in [5.41, 5.74) is -0.443. The van der Waals surface area contributed by atoms with Crippen molar-refractivity contribution >= 4 is 33.8 Å². The molecule has 0 aromatic heterocycles. The lowest BCUT2D eigenvalue weighted by Crippen LogP contribution is -2.25. The van der Waals surface area contributed by atoms with Crippen LogP contribution in [0.1, 0.15) is 27.7 Å². The number of allylic oxidation sites excluding steroid dienone is 1. The predicted molar refractivity (Wildman–Crippen MR) is 72.6 cm³/mol. The van der Waals surface area contributed by atoms with Gasteiger partial charge < -0.3 is 14.2 Å². The summed E-state index contributed by atoms with van der Waals surface area (Å²) in [7, 11) is 0. The third-order valence-electron chi connectivity index (χ3n) is 1.98. The zero-order valence-corrected chi connectivity index (χ0v) is 13.1. The normalized spacial score (nSPS) is 14.2. The maximum absolute atomic E-state index is 12.0. The second-order valence-corrected chi connectivity index (χ2v) is 5.38. The minimum atomic E-state index is -0.902. The largest absolute Gasteiger partial charge is 0.459 e. The molecule has 0 aromatic carbocycles. The molecule has 0 N–H and O–H groups in total. The molecule has 1 aliphatic heterocycles. The fraction of sp³-hybridized carbons (Fsp3) is 0.462. The van der Waals surface area contributed by atoms with Crippen LogP contribution < -0.4 is 0 Å². The van der Waals surface area contributed by atoms with Crippen molar-refractivity contribution in [3.8, 4) is 0 Å². The van der Waals surface area contributed by atoms with E-state index in [9.17, 15) is 14.4 Å². The monoisotopic (exact) mass is 346 g/mol. The molecule has 0 radical (unpaired) electrons. The highest BCUT2D eigenvalue weighted by molar-refractivity contribution is 9.12. The van der Waals surface area contributed by atoms with Gasteiger partial charge in [-0.25, -0.2) is 14.4 Å². The number of hydrogen-bond acceptors (Lipinski definition) is 6. The lowest BCUT2D eigenvalue weighted by atomic mass is 10.2. The van der Waals surface area contributed by atoms with Gasteiger partial charge in [0.25, 0.3) is 0 Å². The van der Waals surface area contributed by atoms with Crippen molar-refractivity contribution in [1.29, 1.82) is 0 Å². The van der Waals surface area contributed by atoms with E-state index in [1.807, 2.05) is 0 Å². The van der Waals surface area contributed by atoms with Crippen molar-refractivity contribution in [3.05, 3.63) is 21.9 Å². The van der Waals surface area contributed by atoms with Gasteiger partial charge in [0.1, 0.15) is 0 Å². The number of carbonyl (C=O) groups excluding carboxylic acids is 3. The first-order chi connectivity index (χ1) is 9.22. The van der Waals surface area contributed by atoms with Crippen LogP contribution in [0.25, 0.3) is 0 Å². The van der Waals surface area contributed by atoms with E-state index in [4.69, 9.17) is 14.2 Å². The summed E-state index contributed by atoms with van der Waals surface area (Å²) in [4.78, 5) is 35.2. The molecule has 7 heteroatoms. The highest BCUT2D eigenvalue weighted by Crippen LogP contribution is 2.29. The fourth-order valence-corrected chi connectivity index (χ4v) is 1.80. The molecule has 0 fully saturated rings. The van der Waals surface area contributed by atoms with Gasteiger partial charge in [0.2, 0.25) is 0 Å². The summed E-state index contributed by atoms with van der Waals surface area (Å²) in [6.07, 6.45) is 0.260. The molecule has 1 aliphatic rings. The third-order valence-corrected chi connectivity index (χ3v) is 2.57. The van der Waals surface area contributed by atoms with E-state index in [0.29, 0.717) is 0 Å². The molecule has 0 spiro atoms. The van der Waals surface area contributed by atoms with E-state index in [0.717, 1.165) is 6.08 Å². The maximum Gasteiger partial charge on any atom is 0.349 e. The molecule has 110 valence electrons. The van der Waals surface area contributed by atoms with E-state index < -0.39 is 35.7 Å². The van der Waals surface area contributed by atoms with E-state index in [1.165, 1.54) is 0 Å². The SMILES string of the molecule is CC(C)OC(=O)C(C(=O)OC(C)C)=C1OC(=O)C=C1Br. The van der Waals surface area contributed by atoms with Crippen molar-refractivity contribution < 1.29 is 28.6 Å². The smallest absolute Gasteiger partial charge is 0.349 e. The van der Waals surface area contributed by atoms with Crippen molar-refractivity contribution in [2.75, 3.05) is 0 Å². The number of cyclic esters (lactones) is 1. The topological polar surface area (TPSA) is 78.9 Å². The number of halogens is 1.